The predicted molar refractivity (Wildman–Crippen MR) is 113 cm³/mol. The molecule has 1 aliphatic carbocycles. The Bertz CT molecular complexity index is 1040. The third-order valence-electron chi connectivity index (χ3n) is 5.14. The Kier molecular flexibility index (Phi) is 5.92. The van der Waals surface area contributed by atoms with Crippen LogP contribution >= 0.6 is 0 Å². The van der Waals surface area contributed by atoms with E-state index < -0.39 is 23.7 Å². The maximum absolute atomic E-state index is 12.8. The number of benzene rings is 1. The fourth-order valence-corrected chi connectivity index (χ4v) is 3.68. The molecule has 7 nitrogen and oxygen atoms in total. The van der Waals surface area contributed by atoms with Gasteiger partial charge >= 0.3 is 17.7 Å². The second-order valence-electron chi connectivity index (χ2n) is 9.05. The van der Waals surface area contributed by atoms with E-state index in [2.05, 4.69) is 5.32 Å². The lowest BCUT2D eigenvalue weighted by Gasteiger charge is -2.24. The number of rotatable bonds is 4. The van der Waals surface area contributed by atoms with E-state index >= 15 is 0 Å². The molecule has 0 radical (unpaired) electrons. The van der Waals surface area contributed by atoms with Crippen LogP contribution in [0.2, 0.25) is 0 Å². The number of carbonyl (C=O) groups excluding carboxylic acids is 2. The first-order valence-electron chi connectivity index (χ1n) is 10.3. The van der Waals surface area contributed by atoms with Gasteiger partial charge in [-0.15, -0.1) is 0 Å². The number of amides is 1. The van der Waals surface area contributed by atoms with E-state index in [1.165, 1.54) is 0 Å². The summed E-state index contributed by atoms with van der Waals surface area (Å²) in [6.07, 6.45) is 1.82. The number of hydrogen-bond donors (Lipinski definition) is 1. The summed E-state index contributed by atoms with van der Waals surface area (Å²) in [7, 11) is 0. The Morgan fingerprint density at radius 1 is 1.13 bits per heavy atom. The van der Waals surface area contributed by atoms with Crippen LogP contribution in [0.15, 0.2) is 21.3 Å². The molecule has 1 heterocycles. The van der Waals surface area contributed by atoms with E-state index in [9.17, 15) is 14.4 Å². The Morgan fingerprint density at radius 3 is 2.43 bits per heavy atom. The summed E-state index contributed by atoms with van der Waals surface area (Å²) in [4.78, 5) is 37.2. The number of hydrogen-bond acceptors (Lipinski definition) is 6. The zero-order valence-corrected chi connectivity index (χ0v) is 18.4. The topological polar surface area (TPSA) is 94.8 Å². The molecule has 0 bridgehead atoms. The highest BCUT2D eigenvalue weighted by atomic mass is 16.6. The van der Waals surface area contributed by atoms with Gasteiger partial charge in [-0.25, -0.2) is 14.4 Å². The number of ether oxygens (including phenoxy) is 2. The van der Waals surface area contributed by atoms with Crippen LogP contribution in [-0.2, 0) is 22.4 Å². The van der Waals surface area contributed by atoms with Gasteiger partial charge in [0.25, 0.3) is 0 Å². The van der Waals surface area contributed by atoms with Gasteiger partial charge in [0.15, 0.2) is 0 Å². The summed E-state index contributed by atoms with van der Waals surface area (Å²) in [6, 6.07) is 2.64. The summed E-state index contributed by atoms with van der Waals surface area (Å²) in [6.45, 7) is 10.6. The molecule has 0 fully saturated rings. The van der Waals surface area contributed by atoms with Crippen molar-refractivity contribution in [1.82, 2.24) is 5.32 Å². The Hall–Kier alpha value is -2.83. The molecule has 7 heteroatoms. The summed E-state index contributed by atoms with van der Waals surface area (Å²) >= 11 is 0. The van der Waals surface area contributed by atoms with Crippen LogP contribution < -0.4 is 15.7 Å². The van der Waals surface area contributed by atoms with E-state index in [0.717, 1.165) is 35.8 Å². The van der Waals surface area contributed by atoms with Crippen molar-refractivity contribution in [3.63, 3.8) is 0 Å². The number of esters is 1. The minimum atomic E-state index is -0.887. The third-order valence-corrected chi connectivity index (χ3v) is 5.14. The smallest absolute Gasteiger partial charge is 0.408 e. The highest BCUT2D eigenvalue weighted by Gasteiger charge is 2.29. The normalized spacial score (nSPS) is 14.5. The second-order valence-corrected chi connectivity index (χ2v) is 9.05. The molecule has 1 aromatic heterocycles. The minimum Gasteiger partial charge on any atom is -0.444 e. The molecule has 3 rings (SSSR count). The first kappa shape index (κ1) is 21.9. The molecule has 1 aromatic carbocycles. The maximum Gasteiger partial charge on any atom is 0.408 e. The molecule has 1 N–H and O–H groups in total. The van der Waals surface area contributed by atoms with E-state index in [-0.39, 0.29) is 11.5 Å². The first-order valence-corrected chi connectivity index (χ1v) is 10.3. The van der Waals surface area contributed by atoms with Gasteiger partial charge in [0.05, 0.1) is 0 Å². The van der Waals surface area contributed by atoms with Gasteiger partial charge in [0.2, 0.25) is 0 Å². The van der Waals surface area contributed by atoms with Crippen LogP contribution in [0.25, 0.3) is 11.0 Å². The molecule has 1 atom stereocenters. The molecule has 0 saturated heterocycles. The maximum atomic E-state index is 12.8. The lowest BCUT2D eigenvalue weighted by atomic mass is 10.0. The van der Waals surface area contributed by atoms with Crippen LogP contribution in [0.4, 0.5) is 4.79 Å². The average molecular weight is 415 g/mol. The highest BCUT2D eigenvalue weighted by molar-refractivity contribution is 5.88. The monoisotopic (exact) mass is 415 g/mol. The quantitative estimate of drug-likeness (QED) is 0.460. The molecule has 0 aliphatic heterocycles. The minimum absolute atomic E-state index is 0.216. The molecule has 1 aliphatic rings. The third kappa shape index (κ3) is 4.50. The first-order chi connectivity index (χ1) is 14.0. The Balaban J connectivity index is 1.86. The van der Waals surface area contributed by atoms with Gasteiger partial charge in [-0.1, -0.05) is 13.8 Å². The lowest BCUT2D eigenvalue weighted by Crippen LogP contribution is -2.48. The molecule has 1 amide bonds. The average Bonchev–Trinajstić information content (AvgIpc) is 3.11. The molecule has 30 heavy (non-hydrogen) atoms. The largest absolute Gasteiger partial charge is 0.444 e. The SMILES string of the molecule is Cc1c(OC(=O)[C@@H](NC(=O)OC(C)(C)C)C(C)C)ccc2c3c(c(=O)oc12)CCC3. The fourth-order valence-electron chi connectivity index (χ4n) is 3.68. The van der Waals surface area contributed by atoms with Gasteiger partial charge in [0.1, 0.15) is 23.0 Å². The van der Waals surface area contributed by atoms with Crippen molar-refractivity contribution < 1.29 is 23.5 Å². The van der Waals surface area contributed by atoms with E-state index in [4.69, 9.17) is 13.9 Å². The van der Waals surface area contributed by atoms with Crippen LogP contribution in [-0.4, -0.2) is 23.7 Å². The number of nitrogens with one attached hydrogen (secondary N) is 1. The van der Waals surface area contributed by atoms with Gasteiger partial charge < -0.3 is 19.2 Å². The lowest BCUT2D eigenvalue weighted by molar-refractivity contribution is -0.138. The van der Waals surface area contributed by atoms with Crippen molar-refractivity contribution in [3.8, 4) is 5.75 Å². The standard InChI is InChI=1S/C23H29NO6/c1-12(2)18(24-22(27)30-23(4,5)6)21(26)28-17-11-10-15-14-8-7-9-16(14)20(25)29-19(15)13(17)3/h10-12,18H,7-9H2,1-6H3,(H,24,27)/t18-/m0/s1. The number of carbonyl (C=O) groups is 2. The van der Waals surface area contributed by atoms with Crippen LogP contribution in [0.3, 0.4) is 0 Å². The van der Waals surface area contributed by atoms with Gasteiger partial charge in [0, 0.05) is 16.5 Å². The molecule has 2 aromatic rings. The number of alkyl carbamates (subject to hydrolysis) is 1. The zero-order chi connectivity index (χ0) is 22.2. The van der Waals surface area contributed by atoms with E-state index in [1.807, 2.05) is 6.07 Å². The van der Waals surface area contributed by atoms with Crippen molar-refractivity contribution in [2.75, 3.05) is 0 Å². The molecule has 0 saturated carbocycles. The zero-order valence-electron chi connectivity index (χ0n) is 18.4. The molecule has 162 valence electrons. The van der Waals surface area contributed by atoms with Gasteiger partial charge in [-0.05, 0) is 70.6 Å². The van der Waals surface area contributed by atoms with Gasteiger partial charge in [-0.2, -0.15) is 0 Å². The summed E-state index contributed by atoms with van der Waals surface area (Å²) < 4.78 is 16.4. The Labute approximate surface area is 175 Å². The fraction of sp³-hybridized carbons (Fsp3) is 0.522. The van der Waals surface area contributed by atoms with Crippen molar-refractivity contribution in [3.05, 3.63) is 39.2 Å². The van der Waals surface area contributed by atoms with Crippen LogP contribution in [0.5, 0.6) is 5.75 Å². The van der Waals surface area contributed by atoms with E-state index in [1.54, 1.807) is 47.6 Å². The van der Waals surface area contributed by atoms with Gasteiger partial charge in [-0.3, -0.25) is 0 Å². The highest BCUT2D eigenvalue weighted by Crippen LogP contribution is 2.33. The molecular formula is C23H29NO6. The van der Waals surface area contributed by atoms with E-state index in [0.29, 0.717) is 16.9 Å². The van der Waals surface area contributed by atoms with Crippen LogP contribution in [0.1, 0.15) is 57.7 Å². The molecule has 0 unspecified atom stereocenters. The molecular weight excluding hydrogens is 386 g/mol. The summed E-state index contributed by atoms with van der Waals surface area (Å²) in [5.74, 6) is -0.529. The van der Waals surface area contributed by atoms with Crippen molar-refractivity contribution in [2.45, 2.75) is 72.4 Å². The van der Waals surface area contributed by atoms with Crippen molar-refractivity contribution >= 4 is 23.0 Å². The number of aryl methyl sites for hydroxylation is 2. The molecule has 0 spiro atoms. The van der Waals surface area contributed by atoms with Crippen molar-refractivity contribution in [1.29, 1.82) is 0 Å². The summed E-state index contributed by atoms with van der Waals surface area (Å²) in [5, 5.41) is 3.46. The second kappa shape index (κ2) is 8.13. The predicted octanol–water partition coefficient (Wildman–Crippen LogP) is 4.04. The Morgan fingerprint density at radius 2 is 1.80 bits per heavy atom. The number of fused-ring (bicyclic) bond motifs is 3. The van der Waals surface area contributed by atoms with Crippen LogP contribution in [0, 0.1) is 12.8 Å². The van der Waals surface area contributed by atoms with Crippen molar-refractivity contribution in [2.24, 2.45) is 5.92 Å². The summed E-state index contributed by atoms with van der Waals surface area (Å²) in [5.41, 5.74) is 1.78.